The summed E-state index contributed by atoms with van der Waals surface area (Å²) in [5.74, 6) is 0. The Morgan fingerprint density at radius 1 is 0.556 bits per heavy atom. The Balaban J connectivity index is 1.71. The Morgan fingerprint density at radius 2 is 0.926 bits per heavy atom. The van der Waals surface area contributed by atoms with E-state index < -0.39 is 8.80 Å². The lowest BCUT2D eigenvalue weighted by Gasteiger charge is -2.41. The standard InChI is InChI=1S/C23H44O3Si/c1-2-3-13-20-27(24-21-14-7-4-8-15-21,25-22-16-9-5-10-17-22)26-23-18-11-6-12-19-23/h21-23H,2-20H2,1H3. The van der Waals surface area contributed by atoms with Crippen molar-refractivity contribution in [3.63, 3.8) is 0 Å². The van der Waals surface area contributed by atoms with Crippen LogP contribution in [-0.4, -0.2) is 27.1 Å². The quantitative estimate of drug-likeness (QED) is 0.289. The number of hydrogen-bond donors (Lipinski definition) is 0. The molecule has 0 bridgehead atoms. The van der Waals surface area contributed by atoms with Gasteiger partial charge in [0.1, 0.15) is 0 Å². The van der Waals surface area contributed by atoms with Gasteiger partial charge in [0.15, 0.2) is 0 Å². The average molecular weight is 397 g/mol. The van der Waals surface area contributed by atoms with Gasteiger partial charge in [0.25, 0.3) is 0 Å². The van der Waals surface area contributed by atoms with Crippen molar-refractivity contribution in [2.45, 2.75) is 147 Å². The first-order valence-electron chi connectivity index (χ1n) is 12.3. The predicted octanol–water partition coefficient (Wildman–Crippen LogP) is 7.16. The lowest BCUT2D eigenvalue weighted by atomic mass is 9.98. The fourth-order valence-electron chi connectivity index (χ4n) is 5.16. The molecule has 3 saturated carbocycles. The van der Waals surface area contributed by atoms with Crippen LogP contribution in [0.3, 0.4) is 0 Å². The molecule has 4 heteroatoms. The summed E-state index contributed by atoms with van der Waals surface area (Å²) in [6, 6.07) is 1.05. The molecule has 0 unspecified atom stereocenters. The molecule has 3 aliphatic carbocycles. The summed E-state index contributed by atoms with van der Waals surface area (Å²) in [6.07, 6.45) is 24.2. The second kappa shape index (κ2) is 11.9. The highest BCUT2D eigenvalue weighted by Gasteiger charge is 2.47. The maximum atomic E-state index is 6.93. The average Bonchev–Trinajstić information content (AvgIpc) is 2.70. The molecule has 0 heterocycles. The van der Waals surface area contributed by atoms with Gasteiger partial charge in [-0.25, -0.2) is 0 Å². The summed E-state index contributed by atoms with van der Waals surface area (Å²) in [7, 11) is -2.59. The number of hydrogen-bond acceptors (Lipinski definition) is 3. The van der Waals surface area contributed by atoms with Crippen molar-refractivity contribution in [1.82, 2.24) is 0 Å². The molecule has 3 aliphatic rings. The van der Waals surface area contributed by atoms with Crippen LogP contribution in [0.5, 0.6) is 0 Å². The van der Waals surface area contributed by atoms with E-state index in [1.165, 1.54) is 116 Å². The Morgan fingerprint density at radius 3 is 1.26 bits per heavy atom. The molecule has 158 valence electrons. The second-order valence-corrected chi connectivity index (χ2v) is 11.8. The summed E-state index contributed by atoms with van der Waals surface area (Å²) in [5, 5.41) is 0. The zero-order valence-electron chi connectivity index (χ0n) is 17.9. The molecule has 3 rings (SSSR count). The van der Waals surface area contributed by atoms with Crippen LogP contribution in [0, 0.1) is 0 Å². The van der Waals surface area contributed by atoms with E-state index in [9.17, 15) is 0 Å². The Bertz CT molecular complexity index is 335. The van der Waals surface area contributed by atoms with Crippen LogP contribution in [-0.2, 0) is 13.3 Å². The van der Waals surface area contributed by atoms with E-state index in [2.05, 4.69) is 6.92 Å². The zero-order chi connectivity index (χ0) is 18.8. The Kier molecular flexibility index (Phi) is 9.64. The van der Waals surface area contributed by atoms with E-state index in [1.807, 2.05) is 0 Å². The molecule has 0 aromatic rings. The fraction of sp³-hybridized carbons (Fsp3) is 1.00. The summed E-state index contributed by atoms with van der Waals surface area (Å²) in [5.41, 5.74) is 0. The van der Waals surface area contributed by atoms with Crippen LogP contribution < -0.4 is 0 Å². The van der Waals surface area contributed by atoms with E-state index in [0.717, 1.165) is 6.04 Å². The maximum Gasteiger partial charge on any atom is 0.501 e. The minimum Gasteiger partial charge on any atom is -0.370 e. The Hall–Kier alpha value is 0.0969. The first kappa shape index (κ1) is 21.8. The van der Waals surface area contributed by atoms with Crippen molar-refractivity contribution in [2.75, 3.05) is 0 Å². The third-order valence-corrected chi connectivity index (χ3v) is 9.83. The van der Waals surface area contributed by atoms with Crippen LogP contribution in [0.4, 0.5) is 0 Å². The zero-order valence-corrected chi connectivity index (χ0v) is 18.9. The molecule has 0 radical (unpaired) electrons. The third kappa shape index (κ3) is 7.45. The van der Waals surface area contributed by atoms with Crippen molar-refractivity contribution < 1.29 is 13.3 Å². The Labute approximate surface area is 169 Å². The van der Waals surface area contributed by atoms with Crippen molar-refractivity contribution in [3.8, 4) is 0 Å². The van der Waals surface area contributed by atoms with Gasteiger partial charge in [-0.2, -0.15) is 0 Å². The lowest BCUT2D eigenvalue weighted by Crippen LogP contribution is -2.53. The van der Waals surface area contributed by atoms with Crippen LogP contribution in [0.25, 0.3) is 0 Å². The predicted molar refractivity (Wildman–Crippen MR) is 114 cm³/mol. The van der Waals surface area contributed by atoms with Crippen molar-refractivity contribution in [1.29, 1.82) is 0 Å². The third-order valence-electron chi connectivity index (χ3n) is 6.78. The van der Waals surface area contributed by atoms with Crippen molar-refractivity contribution in [3.05, 3.63) is 0 Å². The molecule has 0 aromatic carbocycles. The van der Waals surface area contributed by atoms with E-state index in [0.29, 0.717) is 18.3 Å². The van der Waals surface area contributed by atoms with Crippen LogP contribution in [0.15, 0.2) is 0 Å². The first-order valence-corrected chi connectivity index (χ1v) is 14.3. The molecule has 0 aromatic heterocycles. The fourth-order valence-corrected chi connectivity index (χ4v) is 8.60. The van der Waals surface area contributed by atoms with Gasteiger partial charge in [0, 0.05) is 24.4 Å². The summed E-state index contributed by atoms with van der Waals surface area (Å²) in [4.78, 5) is 0. The first-order chi connectivity index (χ1) is 13.3. The SMILES string of the molecule is CCCCC[Si](OC1CCCCC1)(OC1CCCCC1)OC1CCCCC1. The molecule has 0 spiro atoms. The van der Waals surface area contributed by atoms with Gasteiger partial charge in [-0.05, 0) is 44.9 Å². The number of unbranched alkanes of at least 4 members (excludes halogenated alkanes) is 2. The molecule has 0 amide bonds. The smallest absolute Gasteiger partial charge is 0.370 e. The van der Waals surface area contributed by atoms with E-state index in [4.69, 9.17) is 13.3 Å². The highest BCUT2D eigenvalue weighted by atomic mass is 28.4. The topological polar surface area (TPSA) is 27.7 Å². The normalized spacial score (nSPS) is 24.3. The minimum absolute atomic E-state index is 0.388. The van der Waals surface area contributed by atoms with E-state index in [-0.39, 0.29) is 0 Å². The minimum atomic E-state index is -2.59. The van der Waals surface area contributed by atoms with Crippen LogP contribution in [0.2, 0.25) is 6.04 Å². The molecule has 3 fully saturated rings. The van der Waals surface area contributed by atoms with Gasteiger partial charge in [-0.3, -0.25) is 0 Å². The highest BCUT2D eigenvalue weighted by molar-refractivity contribution is 6.60. The molecule has 0 saturated heterocycles. The number of rotatable bonds is 10. The van der Waals surface area contributed by atoms with Gasteiger partial charge < -0.3 is 13.3 Å². The monoisotopic (exact) mass is 396 g/mol. The molecule has 0 aliphatic heterocycles. The van der Waals surface area contributed by atoms with E-state index in [1.54, 1.807) is 0 Å². The van der Waals surface area contributed by atoms with Crippen molar-refractivity contribution >= 4 is 8.80 Å². The van der Waals surface area contributed by atoms with Crippen molar-refractivity contribution in [2.24, 2.45) is 0 Å². The second-order valence-electron chi connectivity index (χ2n) is 9.27. The highest BCUT2D eigenvalue weighted by Crippen LogP contribution is 2.35. The molecule has 27 heavy (non-hydrogen) atoms. The molecule has 0 atom stereocenters. The van der Waals surface area contributed by atoms with Crippen LogP contribution in [0.1, 0.15) is 122 Å². The summed E-state index contributed by atoms with van der Waals surface area (Å²) in [6.45, 7) is 2.29. The van der Waals surface area contributed by atoms with E-state index >= 15 is 0 Å². The van der Waals surface area contributed by atoms with Gasteiger partial charge >= 0.3 is 8.80 Å². The van der Waals surface area contributed by atoms with Gasteiger partial charge in [0.2, 0.25) is 0 Å². The molecule has 3 nitrogen and oxygen atoms in total. The van der Waals surface area contributed by atoms with Gasteiger partial charge in [-0.1, -0.05) is 77.6 Å². The van der Waals surface area contributed by atoms with Gasteiger partial charge in [0.05, 0.1) is 0 Å². The summed E-state index contributed by atoms with van der Waals surface area (Å²) < 4.78 is 20.8. The summed E-state index contributed by atoms with van der Waals surface area (Å²) >= 11 is 0. The van der Waals surface area contributed by atoms with Crippen LogP contribution >= 0.6 is 0 Å². The molecular weight excluding hydrogens is 352 g/mol. The lowest BCUT2D eigenvalue weighted by molar-refractivity contribution is -0.0411. The maximum absolute atomic E-state index is 6.93. The van der Waals surface area contributed by atoms with Gasteiger partial charge in [-0.15, -0.1) is 0 Å². The molecule has 0 N–H and O–H groups in total. The largest absolute Gasteiger partial charge is 0.501 e. The molecular formula is C23H44O3Si.